The van der Waals surface area contributed by atoms with Crippen molar-refractivity contribution in [3.05, 3.63) is 29.3 Å². The molecule has 0 amide bonds. The van der Waals surface area contributed by atoms with Crippen LogP contribution in [0.25, 0.3) is 0 Å². The monoisotopic (exact) mass is 246 g/mol. The minimum absolute atomic E-state index is 0.238. The molecule has 2 N–H and O–H groups in total. The Hall–Kier alpha value is -1.06. The average molecular weight is 246 g/mol. The van der Waals surface area contributed by atoms with Gasteiger partial charge in [-0.25, -0.2) is 0 Å². The summed E-state index contributed by atoms with van der Waals surface area (Å²) in [5.74, 6) is 0.309. The molecule has 0 aromatic heterocycles. The zero-order valence-corrected chi connectivity index (χ0v) is 11.0. The van der Waals surface area contributed by atoms with Gasteiger partial charge >= 0.3 is 0 Å². The fourth-order valence-corrected chi connectivity index (χ4v) is 3.27. The molecular weight excluding hydrogens is 224 g/mol. The first-order valence-corrected chi connectivity index (χ1v) is 6.98. The van der Waals surface area contributed by atoms with Crippen molar-refractivity contribution in [3.63, 3.8) is 0 Å². The normalized spacial score (nSPS) is 28.0. The lowest BCUT2D eigenvalue weighted by Crippen LogP contribution is -2.39. The van der Waals surface area contributed by atoms with E-state index in [2.05, 4.69) is 35.5 Å². The molecule has 3 nitrogen and oxygen atoms in total. The summed E-state index contributed by atoms with van der Waals surface area (Å²) >= 11 is 0. The molecule has 0 radical (unpaired) electrons. The van der Waals surface area contributed by atoms with E-state index in [0.717, 1.165) is 26.1 Å². The van der Waals surface area contributed by atoms with E-state index in [9.17, 15) is 5.11 Å². The number of aliphatic hydroxyl groups is 1. The molecule has 2 atom stereocenters. The van der Waals surface area contributed by atoms with Crippen LogP contribution in [-0.2, 0) is 6.42 Å². The van der Waals surface area contributed by atoms with Crippen molar-refractivity contribution in [2.45, 2.75) is 31.3 Å². The van der Waals surface area contributed by atoms with E-state index in [-0.39, 0.29) is 6.10 Å². The van der Waals surface area contributed by atoms with Gasteiger partial charge < -0.3 is 15.3 Å². The molecule has 0 bridgehead atoms. The van der Waals surface area contributed by atoms with Crippen LogP contribution < -0.4 is 10.2 Å². The van der Waals surface area contributed by atoms with Crippen LogP contribution in [0.4, 0.5) is 5.69 Å². The molecule has 98 valence electrons. The molecule has 0 saturated carbocycles. The number of rotatable bonds is 1. The van der Waals surface area contributed by atoms with Crippen molar-refractivity contribution < 1.29 is 5.11 Å². The Bertz CT molecular complexity index is 433. The van der Waals surface area contributed by atoms with Gasteiger partial charge in [-0.05, 0) is 43.0 Å². The highest BCUT2D eigenvalue weighted by Crippen LogP contribution is 2.32. The Balaban J connectivity index is 1.89. The maximum Gasteiger partial charge on any atom is 0.0733 e. The van der Waals surface area contributed by atoms with Gasteiger partial charge in [0.25, 0.3) is 0 Å². The second kappa shape index (κ2) is 4.90. The molecule has 0 spiro atoms. The lowest BCUT2D eigenvalue weighted by molar-refractivity contribution is 0.118. The first kappa shape index (κ1) is 12.0. The van der Waals surface area contributed by atoms with Crippen LogP contribution in [0.15, 0.2) is 18.2 Å². The SMILES string of the molecule is CN1CCCc2cc(C3CCNCC3O)ccc21. The molecule has 2 unspecified atom stereocenters. The summed E-state index contributed by atoms with van der Waals surface area (Å²) in [6, 6.07) is 6.77. The summed E-state index contributed by atoms with van der Waals surface area (Å²) in [7, 11) is 2.16. The van der Waals surface area contributed by atoms with Gasteiger partial charge in [0.15, 0.2) is 0 Å². The number of hydrogen-bond donors (Lipinski definition) is 2. The lowest BCUT2D eigenvalue weighted by atomic mass is 9.86. The number of anilines is 1. The predicted octanol–water partition coefficient (Wildman–Crippen LogP) is 1.51. The van der Waals surface area contributed by atoms with E-state index in [1.165, 1.54) is 29.7 Å². The number of hydrogen-bond acceptors (Lipinski definition) is 3. The van der Waals surface area contributed by atoms with Crippen molar-refractivity contribution in [1.82, 2.24) is 5.32 Å². The van der Waals surface area contributed by atoms with Crippen LogP contribution in [0.3, 0.4) is 0 Å². The van der Waals surface area contributed by atoms with E-state index in [1.54, 1.807) is 0 Å². The summed E-state index contributed by atoms with van der Waals surface area (Å²) < 4.78 is 0. The zero-order valence-electron chi connectivity index (χ0n) is 11.0. The van der Waals surface area contributed by atoms with Gasteiger partial charge in [0, 0.05) is 31.7 Å². The van der Waals surface area contributed by atoms with Crippen LogP contribution in [-0.4, -0.2) is 37.9 Å². The van der Waals surface area contributed by atoms with Gasteiger partial charge in [0.2, 0.25) is 0 Å². The van der Waals surface area contributed by atoms with E-state index < -0.39 is 0 Å². The molecule has 1 aromatic rings. The van der Waals surface area contributed by atoms with Gasteiger partial charge in [-0.15, -0.1) is 0 Å². The first-order valence-electron chi connectivity index (χ1n) is 6.98. The van der Waals surface area contributed by atoms with Crippen LogP contribution >= 0.6 is 0 Å². The van der Waals surface area contributed by atoms with Gasteiger partial charge in [-0.1, -0.05) is 12.1 Å². The van der Waals surface area contributed by atoms with Gasteiger partial charge in [0.1, 0.15) is 0 Å². The minimum atomic E-state index is -0.238. The summed E-state index contributed by atoms with van der Waals surface area (Å²) in [6.07, 6.45) is 3.21. The molecule has 3 heteroatoms. The third kappa shape index (κ3) is 2.13. The van der Waals surface area contributed by atoms with E-state index in [0.29, 0.717) is 5.92 Å². The predicted molar refractivity (Wildman–Crippen MR) is 74.3 cm³/mol. The molecular formula is C15H22N2O. The molecule has 2 aliphatic rings. The molecule has 2 aliphatic heterocycles. The average Bonchev–Trinajstić information content (AvgIpc) is 2.39. The minimum Gasteiger partial charge on any atom is -0.391 e. The topological polar surface area (TPSA) is 35.5 Å². The first-order chi connectivity index (χ1) is 8.75. The second-order valence-corrected chi connectivity index (χ2v) is 5.58. The van der Waals surface area contributed by atoms with Gasteiger partial charge in [0.05, 0.1) is 6.10 Å². The number of aryl methyl sites for hydroxylation is 1. The zero-order chi connectivity index (χ0) is 12.5. The van der Waals surface area contributed by atoms with Gasteiger partial charge in [-0.3, -0.25) is 0 Å². The van der Waals surface area contributed by atoms with Gasteiger partial charge in [-0.2, -0.15) is 0 Å². The Morgan fingerprint density at radius 2 is 2.28 bits per heavy atom. The second-order valence-electron chi connectivity index (χ2n) is 5.58. The number of fused-ring (bicyclic) bond motifs is 1. The van der Waals surface area contributed by atoms with Crippen LogP contribution in [0.1, 0.15) is 29.9 Å². The highest BCUT2D eigenvalue weighted by molar-refractivity contribution is 5.56. The molecule has 0 aliphatic carbocycles. The number of nitrogens with zero attached hydrogens (tertiary/aromatic N) is 1. The molecule has 1 fully saturated rings. The van der Waals surface area contributed by atoms with E-state index in [1.807, 2.05) is 0 Å². The number of aliphatic hydroxyl groups excluding tert-OH is 1. The highest BCUT2D eigenvalue weighted by Gasteiger charge is 2.25. The summed E-state index contributed by atoms with van der Waals surface area (Å²) in [5.41, 5.74) is 4.14. The van der Waals surface area contributed by atoms with Crippen LogP contribution in [0.5, 0.6) is 0 Å². The molecule has 18 heavy (non-hydrogen) atoms. The Labute approximate surface area is 109 Å². The maximum atomic E-state index is 10.1. The van der Waals surface area contributed by atoms with Crippen LogP contribution in [0, 0.1) is 0 Å². The van der Waals surface area contributed by atoms with Crippen molar-refractivity contribution in [1.29, 1.82) is 0 Å². The van der Waals surface area contributed by atoms with E-state index >= 15 is 0 Å². The molecule has 1 saturated heterocycles. The van der Waals surface area contributed by atoms with Crippen LogP contribution in [0.2, 0.25) is 0 Å². The van der Waals surface area contributed by atoms with Crippen molar-refractivity contribution in [2.24, 2.45) is 0 Å². The third-order valence-corrected chi connectivity index (χ3v) is 4.33. The fourth-order valence-electron chi connectivity index (χ4n) is 3.27. The smallest absolute Gasteiger partial charge is 0.0733 e. The van der Waals surface area contributed by atoms with E-state index in [4.69, 9.17) is 0 Å². The maximum absolute atomic E-state index is 10.1. The number of benzene rings is 1. The highest BCUT2D eigenvalue weighted by atomic mass is 16.3. The fraction of sp³-hybridized carbons (Fsp3) is 0.600. The quantitative estimate of drug-likeness (QED) is 0.788. The molecule has 1 aromatic carbocycles. The van der Waals surface area contributed by atoms with Crippen molar-refractivity contribution in [3.8, 4) is 0 Å². The number of β-amino-alcohol motifs (C(OH)–C–C–N with tert-alkyl or cyclic N) is 1. The Kier molecular flexibility index (Phi) is 3.27. The summed E-state index contributed by atoms with van der Waals surface area (Å²) in [6.45, 7) is 2.89. The standard InChI is InChI=1S/C15H22N2O/c1-17-8-2-3-12-9-11(4-5-14(12)17)13-6-7-16-10-15(13)18/h4-5,9,13,15-16,18H,2-3,6-8,10H2,1H3. The lowest BCUT2D eigenvalue weighted by Gasteiger charge is -2.32. The summed E-state index contributed by atoms with van der Waals surface area (Å²) in [5, 5.41) is 13.4. The van der Waals surface area contributed by atoms with Crippen molar-refractivity contribution in [2.75, 3.05) is 31.6 Å². The summed E-state index contributed by atoms with van der Waals surface area (Å²) in [4.78, 5) is 2.33. The number of piperidine rings is 1. The number of nitrogens with one attached hydrogen (secondary N) is 1. The third-order valence-electron chi connectivity index (χ3n) is 4.33. The largest absolute Gasteiger partial charge is 0.391 e. The molecule has 3 rings (SSSR count). The van der Waals surface area contributed by atoms with Crippen molar-refractivity contribution >= 4 is 5.69 Å². The Morgan fingerprint density at radius 3 is 3.11 bits per heavy atom. The Morgan fingerprint density at radius 1 is 1.39 bits per heavy atom. The molecule has 2 heterocycles.